The molecule has 0 radical (unpaired) electrons. The van der Waals surface area contributed by atoms with Gasteiger partial charge in [0.05, 0.1) is 12.1 Å². The van der Waals surface area contributed by atoms with E-state index < -0.39 is 5.54 Å². The third kappa shape index (κ3) is 4.53. The molecule has 20 heavy (non-hydrogen) atoms. The van der Waals surface area contributed by atoms with E-state index >= 15 is 0 Å². The van der Waals surface area contributed by atoms with Crippen LogP contribution < -0.4 is 10.5 Å². The first-order chi connectivity index (χ1) is 9.40. The number of nitrogens with zero attached hydrogens (tertiary/aromatic N) is 1. The quantitative estimate of drug-likeness (QED) is 0.834. The third-order valence-corrected chi connectivity index (χ3v) is 3.26. The van der Waals surface area contributed by atoms with Crippen LogP contribution in [0.5, 0.6) is 5.75 Å². The fourth-order valence-electron chi connectivity index (χ4n) is 2.27. The molecule has 1 atom stereocenters. The van der Waals surface area contributed by atoms with E-state index in [1.165, 1.54) is 0 Å². The first kappa shape index (κ1) is 16.5. The molecular weight excluding hydrogens is 252 g/mol. The molecule has 0 saturated carbocycles. The summed E-state index contributed by atoms with van der Waals surface area (Å²) in [6, 6.07) is 7.79. The Morgan fingerprint density at radius 2 is 1.90 bits per heavy atom. The maximum Gasteiger partial charge on any atom is 0.242 e. The molecule has 0 spiro atoms. The van der Waals surface area contributed by atoms with Crippen molar-refractivity contribution in [2.45, 2.75) is 45.7 Å². The lowest BCUT2D eigenvalue weighted by molar-refractivity contribution is -0.135. The van der Waals surface area contributed by atoms with E-state index in [4.69, 9.17) is 10.5 Å². The molecular formula is C16H26N2O2. The van der Waals surface area contributed by atoms with Gasteiger partial charge in [0.2, 0.25) is 5.91 Å². The number of ether oxygens (including phenoxy) is 1. The van der Waals surface area contributed by atoms with Crippen LogP contribution in [0.4, 0.5) is 0 Å². The molecule has 1 aromatic rings. The van der Waals surface area contributed by atoms with Gasteiger partial charge in [0, 0.05) is 13.6 Å². The number of likely N-dealkylation sites (N-methyl/N-ethyl adjacent to an activating group) is 1. The van der Waals surface area contributed by atoms with Crippen molar-refractivity contribution in [2.75, 3.05) is 13.7 Å². The fourth-order valence-corrected chi connectivity index (χ4v) is 2.27. The molecule has 0 fully saturated rings. The van der Waals surface area contributed by atoms with E-state index in [0.29, 0.717) is 19.6 Å². The zero-order chi connectivity index (χ0) is 15.2. The van der Waals surface area contributed by atoms with Gasteiger partial charge in [-0.2, -0.15) is 0 Å². The second-order valence-corrected chi connectivity index (χ2v) is 5.41. The van der Waals surface area contributed by atoms with Crippen LogP contribution >= 0.6 is 0 Å². The summed E-state index contributed by atoms with van der Waals surface area (Å²) in [6.07, 6.45) is 1.59. The molecule has 1 unspecified atom stereocenters. The molecule has 0 aliphatic carbocycles. The second kappa shape index (κ2) is 7.29. The van der Waals surface area contributed by atoms with Gasteiger partial charge in [-0.25, -0.2) is 0 Å². The number of nitrogens with two attached hydrogens (primary N) is 1. The van der Waals surface area contributed by atoms with E-state index in [0.717, 1.165) is 17.7 Å². The topological polar surface area (TPSA) is 55.6 Å². The molecule has 1 aromatic carbocycles. The first-order valence-corrected chi connectivity index (χ1v) is 7.17. The van der Waals surface area contributed by atoms with Crippen molar-refractivity contribution < 1.29 is 9.53 Å². The largest absolute Gasteiger partial charge is 0.494 e. The predicted molar refractivity (Wildman–Crippen MR) is 81.6 cm³/mol. The zero-order valence-electron chi connectivity index (χ0n) is 13.0. The highest BCUT2D eigenvalue weighted by atomic mass is 16.5. The maximum absolute atomic E-state index is 12.3. The Hall–Kier alpha value is -1.55. The number of carbonyl (C=O) groups excluding carboxylic acids is 1. The number of rotatable bonds is 7. The summed E-state index contributed by atoms with van der Waals surface area (Å²) in [5.74, 6) is 0.827. The maximum atomic E-state index is 12.3. The van der Waals surface area contributed by atoms with Crippen molar-refractivity contribution in [3.8, 4) is 5.75 Å². The standard InChI is InChI=1S/C16H26N2O2/c1-5-11-16(3,17)15(19)18(4)12-13-7-9-14(10-8-13)20-6-2/h7-10H,5-6,11-12,17H2,1-4H3. The molecule has 4 heteroatoms. The van der Waals surface area contributed by atoms with Gasteiger partial charge in [0.15, 0.2) is 0 Å². The van der Waals surface area contributed by atoms with Crippen LogP contribution in [0.15, 0.2) is 24.3 Å². The monoisotopic (exact) mass is 278 g/mol. The lowest BCUT2D eigenvalue weighted by Crippen LogP contribution is -2.51. The van der Waals surface area contributed by atoms with Crippen molar-refractivity contribution >= 4 is 5.91 Å². The van der Waals surface area contributed by atoms with Gasteiger partial charge in [-0.3, -0.25) is 4.79 Å². The Balaban J connectivity index is 2.65. The van der Waals surface area contributed by atoms with Crippen LogP contribution in [0.1, 0.15) is 39.2 Å². The average molecular weight is 278 g/mol. The molecule has 0 saturated heterocycles. The molecule has 0 aromatic heterocycles. The molecule has 0 heterocycles. The smallest absolute Gasteiger partial charge is 0.242 e. The summed E-state index contributed by atoms with van der Waals surface area (Å²) >= 11 is 0. The molecule has 0 aliphatic rings. The van der Waals surface area contributed by atoms with Crippen LogP contribution in [0.3, 0.4) is 0 Å². The fraction of sp³-hybridized carbons (Fsp3) is 0.562. The molecule has 112 valence electrons. The van der Waals surface area contributed by atoms with E-state index in [1.54, 1.807) is 18.9 Å². The van der Waals surface area contributed by atoms with Crippen molar-refractivity contribution in [3.63, 3.8) is 0 Å². The first-order valence-electron chi connectivity index (χ1n) is 7.17. The van der Waals surface area contributed by atoms with E-state index in [1.807, 2.05) is 38.1 Å². The van der Waals surface area contributed by atoms with Gasteiger partial charge in [0.1, 0.15) is 5.75 Å². The molecule has 2 N–H and O–H groups in total. The van der Waals surface area contributed by atoms with Crippen LogP contribution in [0.2, 0.25) is 0 Å². The SMILES string of the molecule is CCCC(C)(N)C(=O)N(C)Cc1ccc(OCC)cc1. The summed E-state index contributed by atoms with van der Waals surface area (Å²) in [7, 11) is 1.79. The normalized spacial score (nSPS) is 13.7. The molecule has 4 nitrogen and oxygen atoms in total. The van der Waals surface area contributed by atoms with E-state index in [2.05, 4.69) is 0 Å². The summed E-state index contributed by atoms with van der Waals surface area (Å²) in [5.41, 5.74) is 6.36. The zero-order valence-corrected chi connectivity index (χ0v) is 13.0. The minimum absolute atomic E-state index is 0.0202. The Kier molecular flexibility index (Phi) is 6.02. The van der Waals surface area contributed by atoms with Crippen LogP contribution in [-0.2, 0) is 11.3 Å². The summed E-state index contributed by atoms with van der Waals surface area (Å²) in [6.45, 7) is 7.00. The second-order valence-electron chi connectivity index (χ2n) is 5.41. The summed E-state index contributed by atoms with van der Waals surface area (Å²) < 4.78 is 5.40. The van der Waals surface area contributed by atoms with Gasteiger partial charge in [0.25, 0.3) is 0 Å². The van der Waals surface area contributed by atoms with Crippen molar-refractivity contribution in [1.82, 2.24) is 4.90 Å². The number of carbonyl (C=O) groups is 1. The highest BCUT2D eigenvalue weighted by Crippen LogP contribution is 2.16. The highest BCUT2D eigenvalue weighted by Gasteiger charge is 2.29. The van der Waals surface area contributed by atoms with Crippen molar-refractivity contribution in [2.24, 2.45) is 5.73 Å². The molecule has 0 bridgehead atoms. The Labute approximate surface area is 121 Å². The number of amides is 1. The molecule has 1 amide bonds. The lowest BCUT2D eigenvalue weighted by atomic mass is 9.96. The summed E-state index contributed by atoms with van der Waals surface area (Å²) in [4.78, 5) is 14.0. The van der Waals surface area contributed by atoms with Gasteiger partial charge in [-0.05, 0) is 38.0 Å². The number of hydrogen-bond acceptors (Lipinski definition) is 3. The van der Waals surface area contributed by atoms with Gasteiger partial charge < -0.3 is 15.4 Å². The van der Waals surface area contributed by atoms with Crippen LogP contribution in [-0.4, -0.2) is 30.0 Å². The van der Waals surface area contributed by atoms with Crippen LogP contribution in [0, 0.1) is 0 Å². The lowest BCUT2D eigenvalue weighted by Gasteiger charge is -2.29. The van der Waals surface area contributed by atoms with Crippen molar-refractivity contribution in [3.05, 3.63) is 29.8 Å². The molecule has 1 rings (SSSR count). The summed E-state index contributed by atoms with van der Waals surface area (Å²) in [5, 5.41) is 0. The minimum Gasteiger partial charge on any atom is -0.494 e. The van der Waals surface area contributed by atoms with Gasteiger partial charge in [-0.15, -0.1) is 0 Å². The van der Waals surface area contributed by atoms with Crippen LogP contribution in [0.25, 0.3) is 0 Å². The highest BCUT2D eigenvalue weighted by molar-refractivity contribution is 5.85. The average Bonchev–Trinajstić information content (AvgIpc) is 2.40. The van der Waals surface area contributed by atoms with Gasteiger partial charge in [-0.1, -0.05) is 25.5 Å². The Morgan fingerprint density at radius 1 is 1.30 bits per heavy atom. The van der Waals surface area contributed by atoms with Crippen molar-refractivity contribution in [1.29, 1.82) is 0 Å². The van der Waals surface area contributed by atoms with Gasteiger partial charge >= 0.3 is 0 Å². The number of benzene rings is 1. The Morgan fingerprint density at radius 3 is 2.40 bits per heavy atom. The predicted octanol–water partition coefficient (Wildman–Crippen LogP) is 2.56. The van der Waals surface area contributed by atoms with E-state index in [-0.39, 0.29) is 5.91 Å². The molecule has 0 aliphatic heterocycles. The third-order valence-electron chi connectivity index (χ3n) is 3.26. The Bertz CT molecular complexity index is 427. The number of hydrogen-bond donors (Lipinski definition) is 1. The van der Waals surface area contributed by atoms with E-state index in [9.17, 15) is 4.79 Å². The minimum atomic E-state index is -0.783.